The van der Waals surface area contributed by atoms with Crippen LogP contribution in [0.4, 0.5) is 10.1 Å². The molecule has 2 N–H and O–H groups in total. The van der Waals surface area contributed by atoms with Crippen LogP contribution in [0.5, 0.6) is 5.75 Å². The van der Waals surface area contributed by atoms with Gasteiger partial charge in [0.1, 0.15) is 18.0 Å². The third-order valence-corrected chi connectivity index (χ3v) is 2.37. The van der Waals surface area contributed by atoms with Gasteiger partial charge in [0.15, 0.2) is 11.6 Å². The number of ether oxygens (including phenoxy) is 1. The zero-order valence-corrected chi connectivity index (χ0v) is 7.77. The van der Waals surface area contributed by atoms with Gasteiger partial charge < -0.3 is 10.5 Å². The molecule has 0 aliphatic carbocycles. The van der Waals surface area contributed by atoms with Crippen molar-refractivity contribution in [3.05, 3.63) is 36.2 Å². The van der Waals surface area contributed by atoms with E-state index in [4.69, 9.17) is 10.5 Å². The van der Waals surface area contributed by atoms with Gasteiger partial charge in [-0.05, 0) is 6.07 Å². The molecule has 0 spiro atoms. The molecule has 0 unspecified atom stereocenters. The van der Waals surface area contributed by atoms with E-state index in [0.717, 1.165) is 0 Å². The molecule has 1 aromatic heterocycles. The number of nitrogens with zero attached hydrogens (tertiary/aromatic N) is 2. The molecule has 0 fully saturated rings. The van der Waals surface area contributed by atoms with E-state index in [-0.39, 0.29) is 0 Å². The number of fused-ring (bicyclic) bond motifs is 3. The minimum atomic E-state index is -0.399. The average Bonchev–Trinajstić information content (AvgIpc) is 2.63. The quantitative estimate of drug-likeness (QED) is 0.663. The van der Waals surface area contributed by atoms with Gasteiger partial charge >= 0.3 is 0 Å². The average molecular weight is 205 g/mol. The topological polar surface area (TPSA) is 53.1 Å². The Kier molecular flexibility index (Phi) is 1.50. The summed E-state index contributed by atoms with van der Waals surface area (Å²) in [6, 6.07) is 2.89. The molecule has 0 amide bonds. The second kappa shape index (κ2) is 2.73. The molecule has 4 nitrogen and oxygen atoms in total. The van der Waals surface area contributed by atoms with Gasteiger partial charge in [-0.25, -0.2) is 9.37 Å². The molecule has 1 aliphatic heterocycles. The molecule has 15 heavy (non-hydrogen) atoms. The Hall–Kier alpha value is -2.04. The fourth-order valence-corrected chi connectivity index (χ4v) is 1.72. The zero-order valence-electron chi connectivity index (χ0n) is 7.77. The number of benzene rings is 1. The maximum absolute atomic E-state index is 13.7. The summed E-state index contributed by atoms with van der Waals surface area (Å²) in [5.41, 5.74) is 6.27. The Morgan fingerprint density at radius 3 is 3.20 bits per heavy atom. The van der Waals surface area contributed by atoms with E-state index in [1.807, 2.05) is 0 Å². The van der Waals surface area contributed by atoms with Crippen molar-refractivity contribution in [2.45, 2.75) is 6.61 Å². The van der Waals surface area contributed by atoms with Gasteiger partial charge in [-0.3, -0.25) is 4.57 Å². The van der Waals surface area contributed by atoms with Crippen molar-refractivity contribution < 1.29 is 9.13 Å². The first-order valence-corrected chi connectivity index (χ1v) is 4.50. The first-order valence-electron chi connectivity index (χ1n) is 4.50. The van der Waals surface area contributed by atoms with Crippen molar-refractivity contribution in [2.24, 2.45) is 0 Å². The fourth-order valence-electron chi connectivity index (χ4n) is 1.72. The summed E-state index contributed by atoms with van der Waals surface area (Å²) >= 11 is 0. The highest BCUT2D eigenvalue weighted by Crippen LogP contribution is 2.33. The monoisotopic (exact) mass is 205 g/mol. The van der Waals surface area contributed by atoms with Crippen molar-refractivity contribution in [2.75, 3.05) is 5.73 Å². The number of nitrogen functional groups attached to an aromatic ring is 1. The zero-order chi connectivity index (χ0) is 10.4. The van der Waals surface area contributed by atoms with E-state index < -0.39 is 5.82 Å². The minimum absolute atomic E-state index is 0.336. The molecule has 2 aromatic rings. The Labute approximate surface area is 85.1 Å². The van der Waals surface area contributed by atoms with Crippen LogP contribution in [0.15, 0.2) is 24.5 Å². The van der Waals surface area contributed by atoms with E-state index in [0.29, 0.717) is 29.6 Å². The number of aromatic nitrogens is 2. The summed E-state index contributed by atoms with van der Waals surface area (Å²) in [4.78, 5) is 4.06. The first-order chi connectivity index (χ1) is 7.25. The molecule has 0 bridgehead atoms. The van der Waals surface area contributed by atoms with Crippen LogP contribution >= 0.6 is 0 Å². The number of imidazole rings is 1. The lowest BCUT2D eigenvalue weighted by atomic mass is 10.2. The molecular weight excluding hydrogens is 197 g/mol. The van der Waals surface area contributed by atoms with Gasteiger partial charge in [-0.1, -0.05) is 0 Å². The number of nitrogens with two attached hydrogens (primary N) is 1. The summed E-state index contributed by atoms with van der Waals surface area (Å²) in [6.45, 7) is 0.336. The summed E-state index contributed by atoms with van der Waals surface area (Å²) in [6.07, 6.45) is 3.32. The third-order valence-electron chi connectivity index (χ3n) is 2.37. The lowest BCUT2D eigenvalue weighted by molar-refractivity contribution is 0.277. The van der Waals surface area contributed by atoms with E-state index in [2.05, 4.69) is 4.98 Å². The van der Waals surface area contributed by atoms with Crippen LogP contribution in [0.25, 0.3) is 5.69 Å². The highest BCUT2D eigenvalue weighted by atomic mass is 19.1. The van der Waals surface area contributed by atoms with Crippen LogP contribution in [-0.2, 0) is 6.61 Å². The molecule has 0 radical (unpaired) electrons. The molecular formula is C10H8FN3O. The van der Waals surface area contributed by atoms with Crippen molar-refractivity contribution in [3.63, 3.8) is 0 Å². The smallest absolute Gasteiger partial charge is 0.153 e. The number of hydrogen-bond acceptors (Lipinski definition) is 3. The summed E-state index contributed by atoms with van der Waals surface area (Å²) in [7, 11) is 0. The van der Waals surface area contributed by atoms with Crippen molar-refractivity contribution in [3.8, 4) is 11.4 Å². The highest BCUT2D eigenvalue weighted by Gasteiger charge is 2.21. The lowest BCUT2D eigenvalue weighted by Gasteiger charge is -2.20. The van der Waals surface area contributed by atoms with Gasteiger partial charge in [-0.2, -0.15) is 0 Å². The van der Waals surface area contributed by atoms with Gasteiger partial charge in [0.05, 0.1) is 0 Å². The molecule has 2 heterocycles. The Bertz CT molecular complexity index is 535. The third kappa shape index (κ3) is 1.09. The highest BCUT2D eigenvalue weighted by molar-refractivity contribution is 5.58. The fraction of sp³-hybridized carbons (Fsp3) is 0.100. The Balaban J connectivity index is 2.32. The van der Waals surface area contributed by atoms with E-state index in [9.17, 15) is 4.39 Å². The summed E-state index contributed by atoms with van der Waals surface area (Å²) in [5, 5.41) is 0. The number of rotatable bonds is 0. The number of halogens is 1. The van der Waals surface area contributed by atoms with Crippen LogP contribution in [0.1, 0.15) is 5.82 Å². The van der Waals surface area contributed by atoms with Crippen LogP contribution in [-0.4, -0.2) is 9.55 Å². The van der Waals surface area contributed by atoms with Crippen molar-refractivity contribution >= 4 is 5.69 Å². The maximum Gasteiger partial charge on any atom is 0.153 e. The standard InChI is InChI=1S/C10H8FN3O/c11-7-3-6(12)4-8-10(7)14-2-1-13-9(14)5-15-8/h1-4H,5,12H2. The van der Waals surface area contributed by atoms with Crippen LogP contribution < -0.4 is 10.5 Å². The molecule has 0 atom stereocenters. The molecule has 3 rings (SSSR count). The van der Waals surface area contributed by atoms with Crippen molar-refractivity contribution in [1.82, 2.24) is 9.55 Å². The normalized spacial score (nSPS) is 12.9. The Morgan fingerprint density at radius 2 is 2.33 bits per heavy atom. The van der Waals surface area contributed by atoms with Gasteiger partial charge in [0, 0.05) is 24.1 Å². The second-order valence-corrected chi connectivity index (χ2v) is 3.35. The second-order valence-electron chi connectivity index (χ2n) is 3.35. The van der Waals surface area contributed by atoms with Gasteiger partial charge in [0.25, 0.3) is 0 Å². The molecule has 76 valence electrons. The van der Waals surface area contributed by atoms with E-state index in [1.165, 1.54) is 6.07 Å². The number of anilines is 1. The van der Waals surface area contributed by atoms with Crippen LogP contribution in [0.3, 0.4) is 0 Å². The van der Waals surface area contributed by atoms with Gasteiger partial charge in [0.2, 0.25) is 0 Å². The predicted octanol–water partition coefficient (Wildman–Crippen LogP) is 1.49. The SMILES string of the molecule is Nc1cc(F)c2c(c1)OCc1nccn1-2. The largest absolute Gasteiger partial charge is 0.483 e. The molecule has 0 saturated heterocycles. The molecule has 5 heteroatoms. The summed E-state index contributed by atoms with van der Waals surface area (Å²) < 4.78 is 20.7. The van der Waals surface area contributed by atoms with E-state index >= 15 is 0 Å². The maximum atomic E-state index is 13.7. The number of hydrogen-bond donors (Lipinski definition) is 1. The van der Waals surface area contributed by atoms with E-state index in [1.54, 1.807) is 23.0 Å². The molecule has 1 aliphatic rings. The first kappa shape index (κ1) is 8.28. The summed E-state index contributed by atoms with van der Waals surface area (Å²) in [5.74, 6) is 0.744. The molecule has 0 saturated carbocycles. The van der Waals surface area contributed by atoms with Crippen LogP contribution in [0.2, 0.25) is 0 Å². The minimum Gasteiger partial charge on any atom is -0.483 e. The van der Waals surface area contributed by atoms with Gasteiger partial charge in [-0.15, -0.1) is 0 Å². The van der Waals surface area contributed by atoms with Crippen molar-refractivity contribution in [1.29, 1.82) is 0 Å². The lowest BCUT2D eigenvalue weighted by Crippen LogP contribution is -2.14. The molecule has 1 aromatic carbocycles. The van der Waals surface area contributed by atoms with Crippen LogP contribution in [0, 0.1) is 5.82 Å². The predicted molar refractivity (Wildman–Crippen MR) is 52.3 cm³/mol. The Morgan fingerprint density at radius 1 is 1.47 bits per heavy atom.